The lowest BCUT2D eigenvalue weighted by Crippen LogP contribution is -2.86. The largest absolute Gasteiger partial charge is 0.311 e. The minimum atomic E-state index is 0.189. The number of nitrogens with zero attached hydrogens (tertiary/aromatic N) is 1. The van der Waals surface area contributed by atoms with Gasteiger partial charge >= 0.3 is 0 Å². The maximum atomic E-state index is 2.87. The molecule has 1 nitrogen and oxygen atoms in total. The molecule has 0 N–H and O–H groups in total. The molecule has 6 atom stereocenters. The van der Waals surface area contributed by atoms with E-state index in [2.05, 4.69) is 111 Å². The van der Waals surface area contributed by atoms with Gasteiger partial charge in [0.15, 0.2) is 0 Å². The predicted octanol–water partition coefficient (Wildman–Crippen LogP) is 13.5. The Kier molecular flexibility index (Phi) is 16.1. The number of hydrogen-bond donors (Lipinski definition) is 0. The fourth-order valence-electron chi connectivity index (χ4n) is 11.6. The summed E-state index contributed by atoms with van der Waals surface area (Å²) in [7, 11) is 2.87. The summed E-state index contributed by atoms with van der Waals surface area (Å²) in [6.45, 7) is 38.7. The van der Waals surface area contributed by atoms with Crippen LogP contribution in [0.1, 0.15) is 213 Å². The van der Waals surface area contributed by atoms with Gasteiger partial charge in [0.1, 0.15) is 11.1 Å². The summed E-state index contributed by atoms with van der Waals surface area (Å²) in [6.07, 6.45) is 22.1. The third-order valence-corrected chi connectivity index (χ3v) is 14.4. The van der Waals surface area contributed by atoms with Crippen LogP contribution in [0.2, 0.25) is 0 Å². The molecule has 0 fully saturated rings. The van der Waals surface area contributed by atoms with Gasteiger partial charge in [-0.3, -0.25) is 0 Å². The zero-order valence-corrected chi connectivity index (χ0v) is 31.5. The molecule has 0 amide bonds. The molecule has 0 spiro atoms. The second-order valence-electron chi connectivity index (χ2n) is 15.3. The molecule has 0 aromatic heterocycles. The zero-order chi connectivity index (χ0) is 31.5. The molecule has 0 saturated heterocycles. The van der Waals surface area contributed by atoms with Gasteiger partial charge in [-0.15, -0.1) is 0 Å². The Morgan fingerprint density at radius 2 is 0.800 bits per heavy atom. The van der Waals surface area contributed by atoms with Crippen molar-refractivity contribution in [3.8, 4) is 0 Å². The molecular formula is C39H82N+. The summed E-state index contributed by atoms with van der Waals surface area (Å²) in [5.41, 5.74) is 1.52. The lowest BCUT2D eigenvalue weighted by atomic mass is 9.46. The fourth-order valence-corrected chi connectivity index (χ4v) is 11.6. The summed E-state index contributed by atoms with van der Waals surface area (Å²) in [5.74, 6) is 0. The topological polar surface area (TPSA) is 0 Å². The van der Waals surface area contributed by atoms with Crippen LogP contribution in [-0.2, 0) is 0 Å². The van der Waals surface area contributed by atoms with Crippen molar-refractivity contribution in [1.29, 1.82) is 0 Å². The molecule has 0 saturated carbocycles. The monoisotopic (exact) mass is 565 g/mol. The Labute approximate surface area is 257 Å². The van der Waals surface area contributed by atoms with Crippen LogP contribution in [0.3, 0.4) is 0 Å². The van der Waals surface area contributed by atoms with Gasteiger partial charge in [-0.2, -0.15) is 0 Å². The van der Waals surface area contributed by atoms with Gasteiger partial charge in [0.05, 0.1) is 12.6 Å². The van der Waals surface area contributed by atoms with Crippen LogP contribution < -0.4 is 0 Å². The van der Waals surface area contributed by atoms with E-state index < -0.39 is 0 Å². The average molecular weight is 565 g/mol. The van der Waals surface area contributed by atoms with Crippen molar-refractivity contribution >= 4 is 0 Å². The Bertz CT molecular complexity index is 695. The molecule has 242 valence electrons. The van der Waals surface area contributed by atoms with Gasteiger partial charge in [-0.1, -0.05) is 135 Å². The molecule has 40 heavy (non-hydrogen) atoms. The third-order valence-electron chi connectivity index (χ3n) is 14.4. The van der Waals surface area contributed by atoms with Crippen LogP contribution in [0.4, 0.5) is 0 Å². The molecule has 6 unspecified atom stereocenters. The molecular weight excluding hydrogens is 482 g/mol. The Morgan fingerprint density at radius 3 is 1.12 bits per heavy atom. The zero-order valence-electron chi connectivity index (χ0n) is 31.5. The van der Waals surface area contributed by atoms with Crippen molar-refractivity contribution in [3.05, 3.63) is 0 Å². The lowest BCUT2D eigenvalue weighted by molar-refractivity contribution is -1.06. The van der Waals surface area contributed by atoms with Crippen LogP contribution in [0.15, 0.2) is 0 Å². The van der Waals surface area contributed by atoms with Crippen molar-refractivity contribution in [2.75, 3.05) is 7.05 Å². The second-order valence-corrected chi connectivity index (χ2v) is 15.3. The van der Waals surface area contributed by atoms with Crippen molar-refractivity contribution in [1.82, 2.24) is 0 Å². The molecule has 0 radical (unpaired) electrons. The van der Waals surface area contributed by atoms with E-state index >= 15 is 0 Å². The predicted molar refractivity (Wildman–Crippen MR) is 185 cm³/mol. The van der Waals surface area contributed by atoms with Gasteiger partial charge in [0.25, 0.3) is 0 Å². The Morgan fingerprint density at radius 1 is 0.400 bits per heavy atom. The molecule has 0 aliphatic heterocycles. The Hall–Kier alpha value is -0.0400. The highest BCUT2D eigenvalue weighted by Crippen LogP contribution is 2.68. The maximum Gasteiger partial charge on any atom is 0.105 e. The van der Waals surface area contributed by atoms with Crippen LogP contribution in [0.25, 0.3) is 0 Å². The van der Waals surface area contributed by atoms with E-state index in [1.165, 1.54) is 114 Å². The van der Waals surface area contributed by atoms with Crippen LogP contribution in [0, 0.1) is 16.2 Å². The first-order chi connectivity index (χ1) is 18.7. The minimum Gasteiger partial charge on any atom is -0.311 e. The summed E-state index contributed by atoms with van der Waals surface area (Å²) >= 11 is 0. The summed E-state index contributed by atoms with van der Waals surface area (Å²) in [6, 6.07) is 0. The number of rotatable bonds is 23. The first-order valence-corrected chi connectivity index (χ1v) is 18.5. The Balaban J connectivity index is 8.78. The van der Waals surface area contributed by atoms with E-state index in [9.17, 15) is 0 Å². The highest BCUT2D eigenvalue weighted by molar-refractivity contribution is 5.11. The van der Waals surface area contributed by atoms with Gasteiger partial charge < -0.3 is 4.48 Å². The summed E-state index contributed by atoms with van der Waals surface area (Å²) < 4.78 is 1.27. The number of quaternary nitrogens is 1. The normalized spacial score (nSPS) is 21.9. The number of hydrogen-bond acceptors (Lipinski definition) is 0. The average Bonchev–Trinajstić information content (AvgIpc) is 2.94. The summed E-state index contributed by atoms with van der Waals surface area (Å²) in [4.78, 5) is 0. The smallest absolute Gasteiger partial charge is 0.105 e. The quantitative estimate of drug-likeness (QED) is 0.108. The molecule has 0 aliphatic rings. The van der Waals surface area contributed by atoms with E-state index in [1.54, 1.807) is 0 Å². The minimum absolute atomic E-state index is 0.189. The standard InChI is InChI=1S/C39H82N/c1-17-28-34(12,23-7)36(14,30-19-3)39(27-11,33-22-6)40(16,38(25-9,26-10)32-21-5)37(15,31-20-4)35(13,24-8)29-18-2/h17-33H2,1-16H3/q+1. The second kappa shape index (κ2) is 16.1. The molecule has 0 aliphatic carbocycles. The molecule has 0 bridgehead atoms. The van der Waals surface area contributed by atoms with Gasteiger partial charge in [0, 0.05) is 36.5 Å². The van der Waals surface area contributed by atoms with Gasteiger partial charge in [-0.25, -0.2) is 0 Å². The van der Waals surface area contributed by atoms with Crippen molar-refractivity contribution in [2.24, 2.45) is 16.2 Å². The van der Waals surface area contributed by atoms with E-state index in [4.69, 9.17) is 0 Å². The van der Waals surface area contributed by atoms with Crippen LogP contribution in [0.5, 0.6) is 0 Å². The van der Waals surface area contributed by atoms with Crippen LogP contribution >= 0.6 is 0 Å². The van der Waals surface area contributed by atoms with E-state index in [-0.39, 0.29) is 22.0 Å². The first-order valence-electron chi connectivity index (χ1n) is 18.5. The highest BCUT2D eigenvalue weighted by atomic mass is 15.5. The van der Waals surface area contributed by atoms with Crippen LogP contribution in [-0.4, -0.2) is 28.1 Å². The third kappa shape index (κ3) is 6.00. The molecule has 0 aromatic carbocycles. The molecule has 0 heterocycles. The first kappa shape index (κ1) is 40.0. The van der Waals surface area contributed by atoms with E-state index in [0.717, 1.165) is 0 Å². The van der Waals surface area contributed by atoms with E-state index in [0.29, 0.717) is 10.8 Å². The summed E-state index contributed by atoms with van der Waals surface area (Å²) in [5, 5.41) is 0. The highest BCUT2D eigenvalue weighted by Gasteiger charge is 2.74. The fraction of sp³-hybridized carbons (Fsp3) is 1.00. The van der Waals surface area contributed by atoms with Crippen molar-refractivity contribution < 1.29 is 4.48 Å². The van der Waals surface area contributed by atoms with Gasteiger partial charge in [-0.05, 0) is 57.3 Å². The van der Waals surface area contributed by atoms with Crippen molar-refractivity contribution in [2.45, 2.75) is 230 Å². The maximum absolute atomic E-state index is 2.87. The molecule has 1 heteroatoms. The van der Waals surface area contributed by atoms with Gasteiger partial charge in [0.2, 0.25) is 0 Å². The molecule has 0 aromatic rings. The molecule has 0 rings (SSSR count). The SMILES string of the molecule is CCCC(C)(CC)C(C)(CCC)C(CC)(CCC)[N+](C)(C(CC)(CC)CCC)C(C)(CCC)C(C)(CC)CCC. The van der Waals surface area contributed by atoms with Crippen molar-refractivity contribution in [3.63, 3.8) is 0 Å². The lowest BCUT2D eigenvalue weighted by Gasteiger charge is -2.76. The van der Waals surface area contributed by atoms with E-state index in [1.807, 2.05) is 0 Å².